The van der Waals surface area contributed by atoms with E-state index in [0.29, 0.717) is 13.2 Å². The van der Waals surface area contributed by atoms with Crippen LogP contribution >= 0.6 is 0 Å². The molecular weight excluding hydrogens is 352 g/mol. The molecule has 8 nitrogen and oxygen atoms in total. The molecule has 2 heterocycles. The number of nitrogens with one attached hydrogen (secondary N) is 2. The van der Waals surface area contributed by atoms with Gasteiger partial charge >= 0.3 is 5.97 Å². The molecular formula is C19H20N2O6. The molecule has 2 amide bonds. The fraction of sp³-hybridized carbons (Fsp3) is 0.316. The molecule has 1 aromatic heterocycles. The maximum Gasteiger partial charge on any atom is 0.340 e. The highest BCUT2D eigenvalue weighted by Crippen LogP contribution is 2.17. The molecule has 1 aromatic carbocycles. The lowest BCUT2D eigenvalue weighted by molar-refractivity contribution is -0.124. The summed E-state index contributed by atoms with van der Waals surface area (Å²) in [6, 6.07) is 9.47. The molecule has 8 heteroatoms. The second kappa shape index (κ2) is 9.00. The predicted octanol–water partition coefficient (Wildman–Crippen LogP) is 1.98. The van der Waals surface area contributed by atoms with Crippen molar-refractivity contribution in [3.8, 4) is 0 Å². The highest BCUT2D eigenvalue weighted by atomic mass is 16.5. The molecule has 1 fully saturated rings. The number of esters is 1. The summed E-state index contributed by atoms with van der Waals surface area (Å²) in [6.07, 6.45) is 3.28. The maximum absolute atomic E-state index is 12.3. The van der Waals surface area contributed by atoms with Crippen LogP contribution in [0.25, 0.3) is 0 Å². The number of furan rings is 1. The molecule has 0 spiro atoms. The van der Waals surface area contributed by atoms with Crippen LogP contribution in [0.15, 0.2) is 47.1 Å². The van der Waals surface area contributed by atoms with Gasteiger partial charge in [0.2, 0.25) is 0 Å². The van der Waals surface area contributed by atoms with Gasteiger partial charge in [-0.3, -0.25) is 9.59 Å². The zero-order valence-corrected chi connectivity index (χ0v) is 14.6. The minimum absolute atomic E-state index is 0.0159. The van der Waals surface area contributed by atoms with Gasteiger partial charge in [-0.25, -0.2) is 4.79 Å². The van der Waals surface area contributed by atoms with Crippen molar-refractivity contribution in [2.24, 2.45) is 0 Å². The average molecular weight is 372 g/mol. The number of benzene rings is 1. The van der Waals surface area contributed by atoms with Gasteiger partial charge in [0.25, 0.3) is 11.8 Å². The molecule has 2 aromatic rings. The summed E-state index contributed by atoms with van der Waals surface area (Å²) in [5.74, 6) is -1.49. The Morgan fingerprint density at radius 1 is 1.15 bits per heavy atom. The minimum Gasteiger partial charge on any atom is -0.459 e. The van der Waals surface area contributed by atoms with Gasteiger partial charge in [-0.2, -0.15) is 0 Å². The van der Waals surface area contributed by atoms with Crippen molar-refractivity contribution in [2.45, 2.75) is 18.9 Å². The number of para-hydroxylation sites is 1. The number of hydrogen-bond donors (Lipinski definition) is 2. The van der Waals surface area contributed by atoms with Gasteiger partial charge in [0.1, 0.15) is 0 Å². The van der Waals surface area contributed by atoms with E-state index in [2.05, 4.69) is 10.6 Å². The number of rotatable bonds is 7. The Labute approximate surface area is 155 Å². The third-order valence-electron chi connectivity index (χ3n) is 4.03. The van der Waals surface area contributed by atoms with Gasteiger partial charge in [0.05, 0.1) is 23.6 Å². The summed E-state index contributed by atoms with van der Waals surface area (Å²) >= 11 is 0. The van der Waals surface area contributed by atoms with Gasteiger partial charge in [0, 0.05) is 13.2 Å². The Kier molecular flexibility index (Phi) is 6.22. The largest absolute Gasteiger partial charge is 0.459 e. The lowest BCUT2D eigenvalue weighted by Crippen LogP contribution is -2.34. The zero-order valence-electron chi connectivity index (χ0n) is 14.6. The molecule has 0 saturated carbocycles. The number of carbonyl (C=O) groups is 3. The smallest absolute Gasteiger partial charge is 0.340 e. The van der Waals surface area contributed by atoms with Crippen molar-refractivity contribution < 1.29 is 28.3 Å². The van der Waals surface area contributed by atoms with Crippen molar-refractivity contribution in [3.05, 3.63) is 54.0 Å². The molecule has 3 rings (SSSR count). The standard InChI is InChI=1S/C19H20N2O6/c22-17(20-11-13-5-3-9-25-13)12-27-19(24)14-6-1-2-7-15(14)21-18(23)16-8-4-10-26-16/h1-2,4,6-8,10,13H,3,5,9,11-12H2,(H,20,22)(H,21,23)/t13-/m0/s1. The average Bonchev–Trinajstić information content (AvgIpc) is 3.38. The Morgan fingerprint density at radius 3 is 2.74 bits per heavy atom. The summed E-state index contributed by atoms with van der Waals surface area (Å²) in [7, 11) is 0. The van der Waals surface area contributed by atoms with Crippen LogP contribution in [0.3, 0.4) is 0 Å². The third-order valence-corrected chi connectivity index (χ3v) is 4.03. The van der Waals surface area contributed by atoms with E-state index in [9.17, 15) is 14.4 Å². The predicted molar refractivity (Wildman–Crippen MR) is 95.4 cm³/mol. The van der Waals surface area contributed by atoms with E-state index in [0.717, 1.165) is 12.8 Å². The monoisotopic (exact) mass is 372 g/mol. The summed E-state index contributed by atoms with van der Waals surface area (Å²) < 4.78 is 15.5. The van der Waals surface area contributed by atoms with Gasteiger partial charge in [0.15, 0.2) is 12.4 Å². The van der Waals surface area contributed by atoms with Gasteiger partial charge in [-0.05, 0) is 37.1 Å². The van der Waals surface area contributed by atoms with Gasteiger partial charge in [-0.15, -0.1) is 0 Å². The summed E-state index contributed by atoms with van der Waals surface area (Å²) in [5.41, 5.74) is 0.410. The Bertz CT molecular complexity index is 796. The zero-order chi connectivity index (χ0) is 19.1. The van der Waals surface area contributed by atoms with Gasteiger partial charge in [-0.1, -0.05) is 12.1 Å². The number of amides is 2. The topological polar surface area (TPSA) is 107 Å². The lowest BCUT2D eigenvalue weighted by Gasteiger charge is -2.12. The summed E-state index contributed by atoms with van der Waals surface area (Å²) in [4.78, 5) is 36.2. The van der Waals surface area contributed by atoms with E-state index in [-0.39, 0.29) is 23.1 Å². The first kappa shape index (κ1) is 18.7. The molecule has 2 N–H and O–H groups in total. The van der Waals surface area contributed by atoms with Crippen LogP contribution in [0.2, 0.25) is 0 Å². The molecule has 1 saturated heterocycles. The highest BCUT2D eigenvalue weighted by molar-refractivity contribution is 6.06. The fourth-order valence-corrected chi connectivity index (χ4v) is 2.65. The summed E-state index contributed by atoms with van der Waals surface area (Å²) in [6.45, 7) is 0.689. The SMILES string of the molecule is O=C(COC(=O)c1ccccc1NC(=O)c1ccco1)NC[C@@H]1CCCO1. The molecule has 1 atom stereocenters. The highest BCUT2D eigenvalue weighted by Gasteiger charge is 2.19. The second-order valence-corrected chi connectivity index (χ2v) is 5.99. The minimum atomic E-state index is -0.711. The molecule has 0 radical (unpaired) electrons. The van der Waals surface area contributed by atoms with Crippen molar-refractivity contribution in [2.75, 3.05) is 25.1 Å². The van der Waals surface area contributed by atoms with Crippen LogP contribution in [0.4, 0.5) is 5.69 Å². The van der Waals surface area contributed by atoms with Crippen LogP contribution in [-0.4, -0.2) is 43.6 Å². The van der Waals surface area contributed by atoms with Crippen LogP contribution in [-0.2, 0) is 14.3 Å². The van der Waals surface area contributed by atoms with Crippen LogP contribution < -0.4 is 10.6 Å². The van der Waals surface area contributed by atoms with E-state index in [4.69, 9.17) is 13.9 Å². The number of hydrogen-bond acceptors (Lipinski definition) is 6. The fourth-order valence-electron chi connectivity index (χ4n) is 2.65. The molecule has 142 valence electrons. The third kappa shape index (κ3) is 5.18. The van der Waals surface area contributed by atoms with E-state index in [1.54, 1.807) is 24.3 Å². The maximum atomic E-state index is 12.3. The first-order chi connectivity index (χ1) is 13.1. The lowest BCUT2D eigenvalue weighted by atomic mass is 10.1. The van der Waals surface area contributed by atoms with Crippen LogP contribution in [0.1, 0.15) is 33.8 Å². The molecule has 27 heavy (non-hydrogen) atoms. The van der Waals surface area contributed by atoms with Gasteiger partial charge < -0.3 is 24.5 Å². The molecule has 0 aliphatic carbocycles. The van der Waals surface area contributed by atoms with Crippen molar-refractivity contribution >= 4 is 23.5 Å². The quantitative estimate of drug-likeness (QED) is 0.720. The van der Waals surface area contributed by atoms with Crippen molar-refractivity contribution in [1.82, 2.24) is 5.32 Å². The second-order valence-electron chi connectivity index (χ2n) is 5.99. The molecule has 0 bridgehead atoms. The molecule has 1 aliphatic rings. The Morgan fingerprint density at radius 2 is 2.00 bits per heavy atom. The van der Waals surface area contributed by atoms with Crippen LogP contribution in [0.5, 0.6) is 0 Å². The van der Waals surface area contributed by atoms with E-state index in [1.165, 1.54) is 18.4 Å². The summed E-state index contributed by atoms with van der Waals surface area (Å²) in [5, 5.41) is 5.27. The molecule has 1 aliphatic heterocycles. The van der Waals surface area contributed by atoms with Crippen molar-refractivity contribution in [3.63, 3.8) is 0 Å². The number of carbonyl (C=O) groups excluding carboxylic acids is 3. The Balaban J connectivity index is 1.53. The Hall–Kier alpha value is -3.13. The van der Waals surface area contributed by atoms with E-state index < -0.39 is 24.4 Å². The van der Waals surface area contributed by atoms with E-state index in [1.807, 2.05) is 0 Å². The normalized spacial score (nSPS) is 15.9. The van der Waals surface area contributed by atoms with Crippen LogP contribution in [0, 0.1) is 0 Å². The first-order valence-corrected chi connectivity index (χ1v) is 8.63. The first-order valence-electron chi connectivity index (χ1n) is 8.63. The number of ether oxygens (including phenoxy) is 2. The van der Waals surface area contributed by atoms with E-state index >= 15 is 0 Å². The van der Waals surface area contributed by atoms with Crippen molar-refractivity contribution in [1.29, 1.82) is 0 Å². The number of anilines is 1. The molecule has 0 unspecified atom stereocenters.